The summed E-state index contributed by atoms with van der Waals surface area (Å²) in [6.07, 6.45) is 0. The Kier molecular flexibility index (Phi) is 5.83. The van der Waals surface area contributed by atoms with Gasteiger partial charge in [0.2, 0.25) is 5.91 Å². The first-order valence-electron chi connectivity index (χ1n) is 8.23. The third kappa shape index (κ3) is 5.39. The maximum Gasteiger partial charge on any atom is 0.343 e. The third-order valence-electron chi connectivity index (χ3n) is 3.51. The molecule has 3 aromatic rings. The molecule has 1 amide bonds. The Morgan fingerprint density at radius 2 is 1.89 bits per heavy atom. The molecule has 0 saturated carbocycles. The number of aromatic nitrogens is 1. The van der Waals surface area contributed by atoms with Gasteiger partial charge in [-0.1, -0.05) is 6.07 Å². The van der Waals surface area contributed by atoms with Crippen LogP contribution in [0.25, 0.3) is 0 Å². The molecule has 1 heterocycles. The lowest BCUT2D eigenvalue weighted by Crippen LogP contribution is -2.09. The zero-order valence-electron chi connectivity index (χ0n) is 14.9. The zero-order chi connectivity index (χ0) is 19.2. The minimum Gasteiger partial charge on any atom is -0.487 e. The first-order chi connectivity index (χ1) is 13.0. The summed E-state index contributed by atoms with van der Waals surface area (Å²) in [6, 6.07) is 13.4. The lowest BCUT2D eigenvalue weighted by molar-refractivity contribution is -0.114. The quantitative estimate of drug-likeness (QED) is 0.510. The summed E-state index contributed by atoms with van der Waals surface area (Å²) in [5.41, 5.74) is 1.87. The first-order valence-corrected chi connectivity index (χ1v) is 9.11. The Labute approximate surface area is 160 Å². The van der Waals surface area contributed by atoms with E-state index in [1.54, 1.807) is 59.9 Å². The summed E-state index contributed by atoms with van der Waals surface area (Å²) in [5.74, 6) is 0.302. The van der Waals surface area contributed by atoms with Gasteiger partial charge in [-0.05, 0) is 49.4 Å². The predicted molar refractivity (Wildman–Crippen MR) is 103 cm³/mol. The van der Waals surface area contributed by atoms with Crippen LogP contribution in [0.5, 0.6) is 11.5 Å². The molecule has 0 aliphatic rings. The van der Waals surface area contributed by atoms with Gasteiger partial charge in [0.05, 0.1) is 16.3 Å². The normalized spacial score (nSPS) is 10.3. The molecule has 0 fully saturated rings. The largest absolute Gasteiger partial charge is 0.487 e. The van der Waals surface area contributed by atoms with Crippen LogP contribution in [0, 0.1) is 6.92 Å². The highest BCUT2D eigenvalue weighted by atomic mass is 32.1. The fourth-order valence-electron chi connectivity index (χ4n) is 2.32. The van der Waals surface area contributed by atoms with Gasteiger partial charge in [0.15, 0.2) is 0 Å². The van der Waals surface area contributed by atoms with Crippen molar-refractivity contribution < 1.29 is 19.1 Å². The molecule has 0 unspecified atom stereocenters. The molecule has 0 bridgehead atoms. The molecule has 7 heteroatoms. The number of amides is 1. The number of benzene rings is 2. The van der Waals surface area contributed by atoms with Crippen LogP contribution in [0.4, 0.5) is 5.69 Å². The number of nitrogens with one attached hydrogen (secondary N) is 1. The van der Waals surface area contributed by atoms with Crippen LogP contribution in [-0.4, -0.2) is 16.9 Å². The van der Waals surface area contributed by atoms with Gasteiger partial charge in [-0.15, -0.1) is 11.3 Å². The van der Waals surface area contributed by atoms with Gasteiger partial charge in [0.25, 0.3) is 0 Å². The minimum atomic E-state index is -0.489. The number of ether oxygens (including phenoxy) is 2. The molecule has 0 aliphatic heterocycles. The van der Waals surface area contributed by atoms with Gasteiger partial charge in [-0.2, -0.15) is 0 Å². The molecule has 0 spiro atoms. The van der Waals surface area contributed by atoms with Gasteiger partial charge in [0, 0.05) is 18.0 Å². The van der Waals surface area contributed by atoms with Crippen molar-refractivity contribution in [2.45, 2.75) is 20.5 Å². The Morgan fingerprint density at radius 1 is 1.11 bits per heavy atom. The van der Waals surface area contributed by atoms with Crippen LogP contribution in [0.3, 0.4) is 0 Å². The van der Waals surface area contributed by atoms with Crippen LogP contribution in [0.2, 0.25) is 0 Å². The number of aryl methyl sites for hydroxylation is 1. The first kappa shape index (κ1) is 18.6. The van der Waals surface area contributed by atoms with Crippen LogP contribution in [0.15, 0.2) is 53.9 Å². The van der Waals surface area contributed by atoms with Crippen LogP contribution in [-0.2, 0) is 11.4 Å². The number of rotatable bonds is 6. The van der Waals surface area contributed by atoms with Crippen molar-refractivity contribution in [1.29, 1.82) is 0 Å². The molecule has 0 saturated heterocycles. The number of hydrogen-bond acceptors (Lipinski definition) is 6. The number of carbonyl (C=O) groups is 2. The summed E-state index contributed by atoms with van der Waals surface area (Å²) in [7, 11) is 0. The van der Waals surface area contributed by atoms with Crippen molar-refractivity contribution in [2.24, 2.45) is 0 Å². The highest BCUT2D eigenvalue weighted by Crippen LogP contribution is 2.20. The predicted octanol–water partition coefficient (Wildman–Crippen LogP) is 4.21. The standard InChI is InChI=1S/C20H18N2O4S/c1-13(23)21-16-6-8-18(9-7-16)26-20(24)15-4-3-5-19(10-15)25-11-17-12-27-14(2)22-17/h3-10,12H,11H2,1-2H3,(H,21,23). The molecular weight excluding hydrogens is 364 g/mol. The van der Waals surface area contributed by atoms with E-state index in [1.165, 1.54) is 6.92 Å². The van der Waals surface area contributed by atoms with Crippen molar-refractivity contribution in [3.63, 3.8) is 0 Å². The SMILES string of the molecule is CC(=O)Nc1ccc(OC(=O)c2cccc(OCc3csc(C)n3)c2)cc1. The highest BCUT2D eigenvalue weighted by Gasteiger charge is 2.10. The van der Waals surface area contributed by atoms with E-state index in [0.29, 0.717) is 29.4 Å². The van der Waals surface area contributed by atoms with Crippen LogP contribution in [0.1, 0.15) is 28.0 Å². The molecule has 1 aromatic heterocycles. The number of carbonyl (C=O) groups excluding carboxylic acids is 2. The van der Waals surface area contributed by atoms with Crippen molar-refractivity contribution in [2.75, 3.05) is 5.32 Å². The van der Waals surface area contributed by atoms with E-state index in [1.807, 2.05) is 12.3 Å². The lowest BCUT2D eigenvalue weighted by Gasteiger charge is -2.08. The van der Waals surface area contributed by atoms with E-state index in [4.69, 9.17) is 9.47 Å². The van der Waals surface area contributed by atoms with Gasteiger partial charge in [0.1, 0.15) is 18.1 Å². The summed E-state index contributed by atoms with van der Waals surface area (Å²) in [6.45, 7) is 3.71. The molecule has 0 atom stereocenters. The topological polar surface area (TPSA) is 77.5 Å². The van der Waals surface area contributed by atoms with Gasteiger partial charge < -0.3 is 14.8 Å². The summed E-state index contributed by atoms with van der Waals surface area (Å²) >= 11 is 1.56. The van der Waals surface area contributed by atoms with Gasteiger partial charge in [-0.25, -0.2) is 9.78 Å². The molecule has 0 aliphatic carbocycles. The summed E-state index contributed by atoms with van der Waals surface area (Å²) < 4.78 is 11.1. The number of anilines is 1. The lowest BCUT2D eigenvalue weighted by atomic mass is 10.2. The average molecular weight is 382 g/mol. The molecular formula is C20H18N2O4S. The number of nitrogens with zero attached hydrogens (tertiary/aromatic N) is 1. The maximum atomic E-state index is 12.3. The third-order valence-corrected chi connectivity index (χ3v) is 4.33. The summed E-state index contributed by atoms with van der Waals surface area (Å²) in [4.78, 5) is 27.7. The fourth-order valence-corrected chi connectivity index (χ4v) is 2.92. The minimum absolute atomic E-state index is 0.163. The van der Waals surface area contributed by atoms with E-state index in [2.05, 4.69) is 10.3 Å². The van der Waals surface area contributed by atoms with Crippen LogP contribution >= 0.6 is 11.3 Å². The Balaban J connectivity index is 1.61. The number of esters is 1. The van der Waals surface area contributed by atoms with Crippen molar-refractivity contribution >= 4 is 28.9 Å². The zero-order valence-corrected chi connectivity index (χ0v) is 15.7. The Bertz CT molecular complexity index is 951. The van der Waals surface area contributed by atoms with E-state index in [-0.39, 0.29) is 5.91 Å². The Hall–Kier alpha value is -3.19. The average Bonchev–Trinajstić information content (AvgIpc) is 3.07. The molecule has 1 N–H and O–H groups in total. The van der Waals surface area contributed by atoms with E-state index < -0.39 is 5.97 Å². The monoisotopic (exact) mass is 382 g/mol. The van der Waals surface area contributed by atoms with Crippen molar-refractivity contribution in [1.82, 2.24) is 4.98 Å². The van der Waals surface area contributed by atoms with Crippen molar-refractivity contribution in [3.8, 4) is 11.5 Å². The number of hydrogen-bond donors (Lipinski definition) is 1. The smallest absolute Gasteiger partial charge is 0.343 e. The molecule has 2 aromatic carbocycles. The van der Waals surface area contributed by atoms with Gasteiger partial charge >= 0.3 is 5.97 Å². The second-order valence-corrected chi connectivity index (χ2v) is 6.83. The number of thiazole rings is 1. The van der Waals surface area contributed by atoms with Crippen LogP contribution < -0.4 is 14.8 Å². The molecule has 27 heavy (non-hydrogen) atoms. The second-order valence-electron chi connectivity index (χ2n) is 5.77. The fraction of sp³-hybridized carbons (Fsp3) is 0.150. The molecule has 6 nitrogen and oxygen atoms in total. The highest BCUT2D eigenvalue weighted by molar-refractivity contribution is 7.09. The van der Waals surface area contributed by atoms with Gasteiger partial charge in [-0.3, -0.25) is 4.79 Å². The summed E-state index contributed by atoms with van der Waals surface area (Å²) in [5, 5.41) is 5.58. The van der Waals surface area contributed by atoms with E-state index in [9.17, 15) is 9.59 Å². The maximum absolute atomic E-state index is 12.3. The van der Waals surface area contributed by atoms with Crippen molar-refractivity contribution in [3.05, 3.63) is 70.2 Å². The molecule has 0 radical (unpaired) electrons. The second kappa shape index (κ2) is 8.46. The molecule has 3 rings (SSSR count). The van der Waals surface area contributed by atoms with E-state index >= 15 is 0 Å². The molecule has 138 valence electrons. The Morgan fingerprint density at radius 3 is 2.56 bits per heavy atom. The van der Waals surface area contributed by atoms with E-state index in [0.717, 1.165) is 10.7 Å².